The number of imidazole rings is 1. The van der Waals surface area contributed by atoms with E-state index in [9.17, 15) is 4.79 Å². The minimum absolute atomic E-state index is 0.0992. The molecule has 0 aromatic heterocycles. The van der Waals surface area contributed by atoms with Crippen LogP contribution in [0.15, 0.2) is 95.9 Å². The van der Waals surface area contributed by atoms with Crippen molar-refractivity contribution in [2.75, 3.05) is 5.73 Å². The summed E-state index contributed by atoms with van der Waals surface area (Å²) in [5.41, 5.74) is 11.9. The third-order valence-corrected chi connectivity index (χ3v) is 5.38. The van der Waals surface area contributed by atoms with E-state index in [1.807, 2.05) is 79.0 Å². The van der Waals surface area contributed by atoms with Gasteiger partial charge in [0, 0.05) is 24.7 Å². The van der Waals surface area contributed by atoms with Gasteiger partial charge in [0.1, 0.15) is 5.69 Å². The molecule has 0 aliphatic carbocycles. The van der Waals surface area contributed by atoms with E-state index >= 15 is 0 Å². The zero-order chi connectivity index (χ0) is 21.2. The van der Waals surface area contributed by atoms with Crippen LogP contribution in [0.4, 0.5) is 5.69 Å². The highest BCUT2D eigenvalue weighted by molar-refractivity contribution is 5.60. The predicted molar refractivity (Wildman–Crippen MR) is 124 cm³/mol. The number of H-pyrrole nitrogens is 1. The molecule has 5 heteroatoms. The molecule has 0 spiro atoms. The molecule has 5 nitrogen and oxygen atoms in total. The second kappa shape index (κ2) is 7.95. The second-order valence-electron chi connectivity index (χ2n) is 7.65. The quantitative estimate of drug-likeness (QED) is 0.424. The van der Waals surface area contributed by atoms with Gasteiger partial charge in [-0.05, 0) is 28.8 Å². The predicted octanol–water partition coefficient (Wildman–Crippen LogP) is 4.43. The first-order chi connectivity index (χ1) is 15.2. The summed E-state index contributed by atoms with van der Waals surface area (Å²) in [4.78, 5) is 21.5. The lowest BCUT2D eigenvalue weighted by Crippen LogP contribution is -2.17. The zero-order valence-corrected chi connectivity index (χ0v) is 17.0. The maximum atomic E-state index is 13.3. The molecule has 152 valence electrons. The summed E-state index contributed by atoms with van der Waals surface area (Å²) in [7, 11) is 0. The van der Waals surface area contributed by atoms with Crippen molar-refractivity contribution in [1.82, 2.24) is 14.5 Å². The van der Waals surface area contributed by atoms with Crippen molar-refractivity contribution in [2.24, 2.45) is 0 Å². The van der Waals surface area contributed by atoms with E-state index in [-0.39, 0.29) is 5.56 Å². The number of anilines is 1. The van der Waals surface area contributed by atoms with Gasteiger partial charge in [-0.1, -0.05) is 72.8 Å². The van der Waals surface area contributed by atoms with Gasteiger partial charge in [0.2, 0.25) is 0 Å². The Balaban J connectivity index is 1.65. The molecule has 3 aromatic carbocycles. The van der Waals surface area contributed by atoms with E-state index in [1.54, 1.807) is 4.57 Å². The van der Waals surface area contributed by atoms with Crippen LogP contribution in [-0.2, 0) is 12.8 Å². The van der Waals surface area contributed by atoms with Crippen LogP contribution in [0.5, 0.6) is 0 Å². The number of hydrogen-bond acceptors (Lipinski definition) is 3. The smallest absolute Gasteiger partial charge is 0.278 e. The lowest BCUT2D eigenvalue weighted by Gasteiger charge is -2.13. The summed E-state index contributed by atoms with van der Waals surface area (Å²) >= 11 is 0. The molecule has 31 heavy (non-hydrogen) atoms. The van der Waals surface area contributed by atoms with Crippen LogP contribution in [0.1, 0.15) is 22.5 Å². The van der Waals surface area contributed by atoms with Crippen LogP contribution < -0.4 is 11.3 Å². The maximum Gasteiger partial charge on any atom is 0.278 e. The fraction of sp³-hybridized carbons (Fsp3) is 0.0769. The SMILES string of the molecule is Nc1cccc(Cc2nc3c(Cc4ccccc4)[nH]c(-c4ccccc4)cn-3c2=O)c1. The molecular formula is C26H22N4O. The van der Waals surface area contributed by atoms with Gasteiger partial charge in [0.05, 0.1) is 11.4 Å². The molecule has 2 aliphatic rings. The third-order valence-electron chi connectivity index (χ3n) is 5.38. The normalized spacial score (nSPS) is 11.1. The Morgan fingerprint density at radius 2 is 1.55 bits per heavy atom. The molecule has 0 fully saturated rings. The van der Waals surface area contributed by atoms with Crippen LogP contribution in [0.25, 0.3) is 17.1 Å². The molecule has 2 heterocycles. The lowest BCUT2D eigenvalue weighted by molar-refractivity contribution is 0.914. The van der Waals surface area contributed by atoms with Gasteiger partial charge in [0.15, 0.2) is 5.82 Å². The maximum absolute atomic E-state index is 13.3. The van der Waals surface area contributed by atoms with Crippen LogP contribution in [-0.4, -0.2) is 14.5 Å². The molecule has 0 bridgehead atoms. The number of nitrogens with two attached hydrogens (primary N) is 1. The second-order valence-corrected chi connectivity index (χ2v) is 7.65. The van der Waals surface area contributed by atoms with E-state index in [2.05, 4.69) is 17.1 Å². The Morgan fingerprint density at radius 1 is 0.839 bits per heavy atom. The summed E-state index contributed by atoms with van der Waals surface area (Å²) in [5.74, 6) is 0.660. The number of aromatic nitrogens is 3. The fourth-order valence-corrected chi connectivity index (χ4v) is 3.88. The van der Waals surface area contributed by atoms with Crippen molar-refractivity contribution in [3.63, 3.8) is 0 Å². The fourth-order valence-electron chi connectivity index (χ4n) is 3.88. The molecule has 0 amide bonds. The van der Waals surface area contributed by atoms with Gasteiger partial charge in [-0.3, -0.25) is 9.36 Å². The zero-order valence-electron chi connectivity index (χ0n) is 17.0. The van der Waals surface area contributed by atoms with E-state index in [1.165, 1.54) is 0 Å². The Kier molecular flexibility index (Phi) is 4.84. The number of nitrogens with zero attached hydrogens (tertiary/aromatic N) is 2. The topological polar surface area (TPSA) is 76.7 Å². The number of nitrogen functional groups attached to an aromatic ring is 1. The summed E-state index contributed by atoms with van der Waals surface area (Å²) < 4.78 is 1.67. The van der Waals surface area contributed by atoms with E-state index in [0.717, 1.165) is 28.1 Å². The molecular weight excluding hydrogens is 384 g/mol. The van der Waals surface area contributed by atoms with Crippen molar-refractivity contribution >= 4 is 5.69 Å². The van der Waals surface area contributed by atoms with Crippen molar-refractivity contribution in [2.45, 2.75) is 12.8 Å². The third kappa shape index (κ3) is 3.85. The van der Waals surface area contributed by atoms with Crippen LogP contribution in [0, 0.1) is 0 Å². The molecule has 3 N–H and O–H groups in total. The largest absolute Gasteiger partial charge is 0.399 e. The summed E-state index contributed by atoms with van der Waals surface area (Å²) in [6.07, 6.45) is 2.94. The highest BCUT2D eigenvalue weighted by atomic mass is 16.1. The van der Waals surface area contributed by atoms with Crippen molar-refractivity contribution in [3.05, 3.63) is 124 Å². The van der Waals surface area contributed by atoms with E-state index in [0.29, 0.717) is 30.0 Å². The van der Waals surface area contributed by atoms with Gasteiger partial charge >= 0.3 is 0 Å². The molecule has 0 unspecified atom stereocenters. The highest BCUT2D eigenvalue weighted by Crippen LogP contribution is 2.23. The van der Waals surface area contributed by atoms with Crippen molar-refractivity contribution in [1.29, 1.82) is 0 Å². The summed E-state index contributed by atoms with van der Waals surface area (Å²) in [6.45, 7) is 0. The first-order valence-electron chi connectivity index (χ1n) is 10.2. The molecule has 0 saturated heterocycles. The van der Waals surface area contributed by atoms with Gasteiger partial charge in [-0.15, -0.1) is 0 Å². The van der Waals surface area contributed by atoms with Gasteiger partial charge < -0.3 is 10.7 Å². The molecule has 0 saturated carbocycles. The Hall–Kier alpha value is -4.12. The van der Waals surface area contributed by atoms with Gasteiger partial charge in [-0.2, -0.15) is 0 Å². The van der Waals surface area contributed by atoms with Crippen LogP contribution >= 0.6 is 0 Å². The van der Waals surface area contributed by atoms with Crippen LogP contribution in [0.2, 0.25) is 0 Å². The van der Waals surface area contributed by atoms with E-state index < -0.39 is 0 Å². The average molecular weight is 406 g/mol. The minimum atomic E-state index is -0.0992. The number of benzene rings is 3. The Labute approximate surface area is 180 Å². The first kappa shape index (κ1) is 18.9. The van der Waals surface area contributed by atoms with Gasteiger partial charge in [-0.25, -0.2) is 4.98 Å². The molecule has 0 radical (unpaired) electrons. The minimum Gasteiger partial charge on any atom is -0.399 e. The standard InChI is InChI=1S/C26H22N4O/c27-21-13-7-10-19(14-21)16-23-26(31)30-17-24(20-11-5-2-6-12-20)28-22(25(30)29-23)15-18-8-3-1-4-9-18/h1-14,17,28H,15-16,27H2. The van der Waals surface area contributed by atoms with Crippen molar-refractivity contribution in [3.8, 4) is 17.1 Å². The molecule has 0 atom stereocenters. The first-order valence-corrected chi connectivity index (χ1v) is 10.2. The number of fused-ring (bicyclic) bond motifs is 1. The number of aromatic amines is 1. The monoisotopic (exact) mass is 406 g/mol. The average Bonchev–Trinajstić information content (AvgIpc) is 3.11. The molecule has 5 rings (SSSR count). The number of hydrogen-bond donors (Lipinski definition) is 2. The van der Waals surface area contributed by atoms with E-state index in [4.69, 9.17) is 10.7 Å². The Bertz CT molecular complexity index is 1350. The molecule has 3 aromatic rings. The number of nitrogens with one attached hydrogen (secondary N) is 1. The number of rotatable bonds is 5. The highest BCUT2D eigenvalue weighted by Gasteiger charge is 2.20. The lowest BCUT2D eigenvalue weighted by atomic mass is 10.1. The van der Waals surface area contributed by atoms with Crippen LogP contribution in [0.3, 0.4) is 0 Å². The Morgan fingerprint density at radius 3 is 2.29 bits per heavy atom. The summed E-state index contributed by atoms with van der Waals surface area (Å²) in [6, 6.07) is 27.8. The summed E-state index contributed by atoms with van der Waals surface area (Å²) in [5, 5.41) is 0. The van der Waals surface area contributed by atoms with Gasteiger partial charge in [0.25, 0.3) is 5.56 Å². The van der Waals surface area contributed by atoms with Crippen molar-refractivity contribution < 1.29 is 0 Å². The molecule has 2 aliphatic heterocycles.